The van der Waals surface area contributed by atoms with Gasteiger partial charge in [-0.1, -0.05) is 25.3 Å². The molecule has 0 saturated heterocycles. The molecular weight excluding hydrogens is 254 g/mol. The average molecular weight is 275 g/mol. The summed E-state index contributed by atoms with van der Waals surface area (Å²) in [5, 5.41) is 2.67. The second kappa shape index (κ2) is 7.05. The van der Waals surface area contributed by atoms with Gasteiger partial charge in [-0.15, -0.1) is 0 Å². The quantitative estimate of drug-likeness (QED) is 0.738. The van der Waals surface area contributed by atoms with E-state index >= 15 is 0 Å². The van der Waals surface area contributed by atoms with E-state index in [0.29, 0.717) is 17.3 Å². The Kier molecular flexibility index (Phi) is 5.12. The number of amides is 2. The Hall–Kier alpha value is -1.88. The lowest BCUT2D eigenvalue weighted by atomic mass is 9.96. The first-order valence-electron chi connectivity index (χ1n) is 7.08. The lowest BCUT2D eigenvalue weighted by Crippen LogP contribution is -2.45. The maximum atomic E-state index is 12.0. The van der Waals surface area contributed by atoms with Gasteiger partial charge in [0, 0.05) is 24.2 Å². The number of hydrogen-bond donors (Lipinski definition) is 3. The molecule has 1 aromatic carbocycles. The zero-order valence-electron chi connectivity index (χ0n) is 11.7. The molecule has 5 nitrogen and oxygen atoms in total. The van der Waals surface area contributed by atoms with Gasteiger partial charge in [0.25, 0.3) is 5.91 Å². The van der Waals surface area contributed by atoms with Crippen molar-refractivity contribution in [1.82, 2.24) is 10.9 Å². The van der Waals surface area contributed by atoms with Crippen LogP contribution in [0.25, 0.3) is 0 Å². The summed E-state index contributed by atoms with van der Waals surface area (Å²) < 4.78 is 0. The van der Waals surface area contributed by atoms with Gasteiger partial charge >= 0.3 is 0 Å². The maximum absolute atomic E-state index is 12.0. The van der Waals surface area contributed by atoms with Crippen LogP contribution in [0.15, 0.2) is 24.3 Å². The van der Waals surface area contributed by atoms with E-state index in [2.05, 4.69) is 16.2 Å². The van der Waals surface area contributed by atoms with Crippen molar-refractivity contribution in [2.24, 2.45) is 0 Å². The number of rotatable bonds is 4. The van der Waals surface area contributed by atoms with Gasteiger partial charge in [0.2, 0.25) is 5.91 Å². The van der Waals surface area contributed by atoms with Crippen LogP contribution < -0.4 is 16.2 Å². The number of nitrogens with one attached hydrogen (secondary N) is 3. The molecule has 1 aliphatic carbocycles. The van der Waals surface area contributed by atoms with E-state index in [0.717, 1.165) is 12.8 Å². The van der Waals surface area contributed by atoms with Crippen LogP contribution in [0.3, 0.4) is 0 Å². The maximum Gasteiger partial charge on any atom is 0.265 e. The number of carbonyl (C=O) groups excluding carboxylic acids is 2. The van der Waals surface area contributed by atoms with Gasteiger partial charge < -0.3 is 5.32 Å². The highest BCUT2D eigenvalue weighted by Crippen LogP contribution is 2.17. The molecule has 0 heterocycles. The minimum Gasteiger partial charge on any atom is -0.326 e. The van der Waals surface area contributed by atoms with E-state index in [4.69, 9.17) is 0 Å². The molecule has 0 aliphatic heterocycles. The van der Waals surface area contributed by atoms with Gasteiger partial charge in [0.1, 0.15) is 0 Å². The number of hydrazine groups is 1. The molecule has 2 amide bonds. The first kappa shape index (κ1) is 14.5. The number of hydrogen-bond acceptors (Lipinski definition) is 3. The molecule has 1 aliphatic rings. The number of benzene rings is 1. The molecule has 2 rings (SSSR count). The van der Waals surface area contributed by atoms with Gasteiger partial charge in [0.05, 0.1) is 0 Å². The summed E-state index contributed by atoms with van der Waals surface area (Å²) in [6.45, 7) is 1.44. The predicted octanol–water partition coefficient (Wildman–Crippen LogP) is 2.21. The standard InChI is InChI=1S/C15H21N3O2/c1-11(19)16-14-9-5-6-12(10-14)15(20)18-17-13-7-3-2-4-8-13/h5-6,9-10,13,17H,2-4,7-8H2,1H3,(H,16,19)(H,18,20). The SMILES string of the molecule is CC(=O)Nc1cccc(C(=O)NNC2CCCCC2)c1. The predicted molar refractivity (Wildman–Crippen MR) is 78.2 cm³/mol. The van der Waals surface area contributed by atoms with Crippen LogP contribution in [0.1, 0.15) is 49.4 Å². The molecule has 108 valence electrons. The molecular formula is C15H21N3O2. The monoisotopic (exact) mass is 275 g/mol. The van der Waals surface area contributed by atoms with Gasteiger partial charge in [-0.25, -0.2) is 5.43 Å². The van der Waals surface area contributed by atoms with Crippen molar-refractivity contribution < 1.29 is 9.59 Å². The minimum absolute atomic E-state index is 0.150. The summed E-state index contributed by atoms with van der Waals surface area (Å²) in [5.74, 6) is -0.328. The molecule has 0 radical (unpaired) electrons. The van der Waals surface area contributed by atoms with E-state index in [9.17, 15) is 9.59 Å². The summed E-state index contributed by atoms with van der Waals surface area (Å²) in [6, 6.07) is 7.27. The lowest BCUT2D eigenvalue weighted by Gasteiger charge is -2.23. The molecule has 1 aromatic rings. The summed E-state index contributed by atoms with van der Waals surface area (Å²) in [6.07, 6.45) is 5.92. The molecule has 0 unspecified atom stereocenters. The molecule has 0 bridgehead atoms. The van der Waals surface area contributed by atoms with Crippen LogP contribution in [-0.2, 0) is 4.79 Å². The Morgan fingerprint density at radius 3 is 2.60 bits per heavy atom. The van der Waals surface area contributed by atoms with Crippen molar-refractivity contribution >= 4 is 17.5 Å². The van der Waals surface area contributed by atoms with Crippen molar-refractivity contribution in [1.29, 1.82) is 0 Å². The molecule has 1 fully saturated rings. The summed E-state index contributed by atoms with van der Waals surface area (Å²) in [7, 11) is 0. The van der Waals surface area contributed by atoms with E-state index in [1.54, 1.807) is 24.3 Å². The third kappa shape index (κ3) is 4.35. The zero-order valence-corrected chi connectivity index (χ0v) is 11.7. The van der Waals surface area contributed by atoms with Crippen LogP contribution in [0.2, 0.25) is 0 Å². The lowest BCUT2D eigenvalue weighted by molar-refractivity contribution is -0.114. The molecule has 1 saturated carbocycles. The Bertz CT molecular complexity index is 482. The van der Waals surface area contributed by atoms with E-state index < -0.39 is 0 Å². The smallest absolute Gasteiger partial charge is 0.265 e. The Labute approximate surface area is 119 Å². The molecule has 0 spiro atoms. The summed E-state index contributed by atoms with van der Waals surface area (Å²) in [5.41, 5.74) is 7.00. The first-order chi connectivity index (χ1) is 9.65. The molecule has 20 heavy (non-hydrogen) atoms. The Balaban J connectivity index is 1.89. The number of carbonyl (C=O) groups is 2. The largest absolute Gasteiger partial charge is 0.326 e. The van der Waals surface area contributed by atoms with Gasteiger partial charge in [-0.2, -0.15) is 0 Å². The Morgan fingerprint density at radius 2 is 1.90 bits per heavy atom. The van der Waals surface area contributed by atoms with Crippen LogP contribution >= 0.6 is 0 Å². The summed E-state index contributed by atoms with van der Waals surface area (Å²) in [4.78, 5) is 23.0. The normalized spacial score (nSPS) is 15.7. The highest BCUT2D eigenvalue weighted by atomic mass is 16.2. The first-order valence-corrected chi connectivity index (χ1v) is 7.08. The van der Waals surface area contributed by atoms with Crippen LogP contribution in [-0.4, -0.2) is 17.9 Å². The van der Waals surface area contributed by atoms with Crippen molar-refractivity contribution in [2.45, 2.75) is 45.1 Å². The fourth-order valence-electron chi connectivity index (χ4n) is 2.43. The highest BCUT2D eigenvalue weighted by molar-refractivity contribution is 5.96. The second-order valence-electron chi connectivity index (χ2n) is 5.20. The molecule has 0 aromatic heterocycles. The van der Waals surface area contributed by atoms with Crippen LogP contribution in [0.4, 0.5) is 5.69 Å². The van der Waals surface area contributed by atoms with Gasteiger partial charge in [0.15, 0.2) is 0 Å². The van der Waals surface area contributed by atoms with Crippen molar-refractivity contribution in [3.63, 3.8) is 0 Å². The van der Waals surface area contributed by atoms with Crippen molar-refractivity contribution in [3.05, 3.63) is 29.8 Å². The highest BCUT2D eigenvalue weighted by Gasteiger charge is 2.14. The van der Waals surface area contributed by atoms with Crippen molar-refractivity contribution in [3.8, 4) is 0 Å². The fourth-order valence-corrected chi connectivity index (χ4v) is 2.43. The topological polar surface area (TPSA) is 70.2 Å². The summed E-state index contributed by atoms with van der Waals surface area (Å²) >= 11 is 0. The fraction of sp³-hybridized carbons (Fsp3) is 0.467. The third-order valence-electron chi connectivity index (χ3n) is 3.44. The van der Waals surface area contributed by atoms with Gasteiger partial charge in [-0.3, -0.25) is 15.0 Å². The third-order valence-corrected chi connectivity index (χ3v) is 3.44. The zero-order chi connectivity index (χ0) is 14.4. The van der Waals surface area contributed by atoms with E-state index in [1.165, 1.54) is 26.2 Å². The van der Waals surface area contributed by atoms with Crippen molar-refractivity contribution in [2.75, 3.05) is 5.32 Å². The van der Waals surface area contributed by atoms with Gasteiger partial charge in [-0.05, 0) is 31.0 Å². The minimum atomic E-state index is -0.178. The van der Waals surface area contributed by atoms with Crippen LogP contribution in [0.5, 0.6) is 0 Å². The van der Waals surface area contributed by atoms with E-state index in [1.807, 2.05) is 0 Å². The second-order valence-corrected chi connectivity index (χ2v) is 5.20. The molecule has 3 N–H and O–H groups in total. The molecule has 5 heteroatoms. The average Bonchev–Trinajstić information content (AvgIpc) is 2.45. The Morgan fingerprint density at radius 1 is 1.15 bits per heavy atom. The van der Waals surface area contributed by atoms with Crippen LogP contribution in [0, 0.1) is 0 Å². The molecule has 0 atom stereocenters. The van der Waals surface area contributed by atoms with E-state index in [-0.39, 0.29) is 11.8 Å². The number of anilines is 1.